The van der Waals surface area contributed by atoms with Gasteiger partial charge in [-0.2, -0.15) is 0 Å². The maximum absolute atomic E-state index is 12.5. The number of allylic oxidation sites excluding steroid dienone is 2. The van der Waals surface area contributed by atoms with E-state index in [-0.39, 0.29) is 35.5 Å². The Morgan fingerprint density at radius 3 is 2.18 bits per heavy atom. The van der Waals surface area contributed by atoms with Crippen LogP contribution in [0.4, 0.5) is 5.69 Å². The summed E-state index contributed by atoms with van der Waals surface area (Å²) in [4.78, 5) is 50.2. The topological polar surface area (TPSA) is 92.8 Å². The minimum absolute atomic E-state index is 0.0936. The second-order valence-electron chi connectivity index (χ2n) is 7.85. The van der Waals surface area contributed by atoms with Crippen LogP contribution in [0.3, 0.4) is 0 Å². The number of carbonyl (C=O) groups excluding carboxylic acids is 4. The quantitative estimate of drug-likeness (QED) is 0.474. The molecule has 1 aliphatic heterocycles. The molecule has 2 fully saturated rings. The summed E-state index contributed by atoms with van der Waals surface area (Å²) in [5, 5.41) is 2.67. The predicted octanol–water partition coefficient (Wildman–Crippen LogP) is 1.59. The lowest BCUT2D eigenvalue weighted by atomic mass is 9.85. The van der Waals surface area contributed by atoms with Crippen LogP contribution in [0.15, 0.2) is 30.4 Å². The first-order valence-corrected chi connectivity index (χ1v) is 9.41. The first-order valence-electron chi connectivity index (χ1n) is 9.41. The molecule has 2 aliphatic carbocycles. The first kappa shape index (κ1) is 18.4. The Morgan fingerprint density at radius 1 is 1.04 bits per heavy atom. The third-order valence-corrected chi connectivity index (χ3v) is 5.72. The standard InChI is InChI=1S/C21H22N2O5/c1-11-5-12(2)7-15(6-11)22-16(24)10-28-17(25)9-23-20(26)18-13-3-4-14(8-13)19(18)21(23)27/h3-7,13-14,18-19H,8-10H2,1-2H3,(H,22,24)/t13-,14-,18+,19+/m0/s1. The highest BCUT2D eigenvalue weighted by Crippen LogP contribution is 2.52. The zero-order valence-corrected chi connectivity index (χ0v) is 15.8. The van der Waals surface area contributed by atoms with Crippen molar-refractivity contribution < 1.29 is 23.9 Å². The number of likely N-dealkylation sites (tertiary alicyclic amines) is 1. The minimum Gasteiger partial charge on any atom is -0.454 e. The molecule has 1 saturated carbocycles. The van der Waals surface area contributed by atoms with Crippen molar-refractivity contribution in [3.8, 4) is 0 Å². The van der Waals surface area contributed by atoms with Gasteiger partial charge in [-0.25, -0.2) is 0 Å². The smallest absolute Gasteiger partial charge is 0.326 e. The van der Waals surface area contributed by atoms with Gasteiger partial charge < -0.3 is 10.1 Å². The van der Waals surface area contributed by atoms with E-state index in [2.05, 4.69) is 5.32 Å². The molecule has 1 saturated heterocycles. The molecule has 3 aliphatic rings. The van der Waals surface area contributed by atoms with Crippen LogP contribution in [-0.2, 0) is 23.9 Å². The van der Waals surface area contributed by atoms with Crippen LogP contribution < -0.4 is 5.32 Å². The van der Waals surface area contributed by atoms with E-state index >= 15 is 0 Å². The highest BCUT2D eigenvalue weighted by Gasteiger charge is 2.59. The van der Waals surface area contributed by atoms with Crippen LogP contribution in [-0.4, -0.2) is 41.7 Å². The fraction of sp³-hybridized carbons (Fsp3) is 0.429. The summed E-state index contributed by atoms with van der Waals surface area (Å²) in [5.41, 5.74) is 2.64. The molecule has 28 heavy (non-hydrogen) atoms. The highest BCUT2D eigenvalue weighted by atomic mass is 16.5. The van der Waals surface area contributed by atoms with Gasteiger partial charge in [0.25, 0.3) is 5.91 Å². The maximum atomic E-state index is 12.5. The number of amides is 3. The van der Waals surface area contributed by atoms with Crippen molar-refractivity contribution in [2.45, 2.75) is 20.3 Å². The number of hydrogen-bond donors (Lipinski definition) is 1. The van der Waals surface area contributed by atoms with E-state index in [1.165, 1.54) is 0 Å². The fourth-order valence-electron chi connectivity index (χ4n) is 4.68. The third kappa shape index (κ3) is 3.21. The van der Waals surface area contributed by atoms with E-state index in [9.17, 15) is 19.2 Å². The second kappa shape index (κ2) is 6.89. The normalized spacial score (nSPS) is 27.3. The first-order chi connectivity index (χ1) is 13.3. The molecule has 146 valence electrons. The Hall–Kier alpha value is -2.96. The average molecular weight is 382 g/mol. The fourth-order valence-corrected chi connectivity index (χ4v) is 4.68. The molecule has 0 radical (unpaired) electrons. The van der Waals surface area contributed by atoms with Crippen LogP contribution >= 0.6 is 0 Å². The van der Waals surface area contributed by atoms with Gasteiger partial charge in [0.15, 0.2) is 6.61 Å². The number of rotatable bonds is 5. The lowest BCUT2D eigenvalue weighted by Crippen LogP contribution is -2.38. The van der Waals surface area contributed by atoms with Gasteiger partial charge in [-0.3, -0.25) is 24.1 Å². The highest BCUT2D eigenvalue weighted by molar-refractivity contribution is 6.08. The number of carbonyl (C=O) groups is 4. The largest absolute Gasteiger partial charge is 0.454 e. The van der Waals surface area contributed by atoms with Crippen molar-refractivity contribution >= 4 is 29.4 Å². The number of fused-ring (bicyclic) bond motifs is 5. The molecule has 0 aromatic heterocycles. The van der Waals surface area contributed by atoms with Gasteiger partial charge in [0, 0.05) is 5.69 Å². The molecule has 1 aromatic rings. The summed E-state index contributed by atoms with van der Waals surface area (Å²) in [7, 11) is 0. The summed E-state index contributed by atoms with van der Waals surface area (Å²) in [5.74, 6) is -2.35. The van der Waals surface area contributed by atoms with Crippen LogP contribution in [0.2, 0.25) is 0 Å². The number of esters is 1. The number of nitrogens with one attached hydrogen (secondary N) is 1. The molecule has 1 heterocycles. The van der Waals surface area contributed by atoms with E-state index in [0.29, 0.717) is 5.69 Å². The molecular formula is C21H22N2O5. The molecule has 2 bridgehead atoms. The van der Waals surface area contributed by atoms with Crippen molar-refractivity contribution in [1.82, 2.24) is 4.90 Å². The average Bonchev–Trinajstić information content (AvgIpc) is 3.29. The number of benzene rings is 1. The summed E-state index contributed by atoms with van der Waals surface area (Å²) in [6.45, 7) is 2.93. The van der Waals surface area contributed by atoms with Crippen molar-refractivity contribution in [2.75, 3.05) is 18.5 Å². The molecular weight excluding hydrogens is 360 g/mol. The SMILES string of the molecule is Cc1cc(C)cc(NC(=O)COC(=O)CN2C(=O)[C@H]3[C@H](C2=O)[C@H]2C=C[C@H]3C2)c1. The molecule has 1 N–H and O–H groups in total. The Balaban J connectivity index is 1.30. The summed E-state index contributed by atoms with van der Waals surface area (Å²) < 4.78 is 4.97. The maximum Gasteiger partial charge on any atom is 0.326 e. The Labute approximate surface area is 162 Å². The molecule has 4 atom stereocenters. The molecule has 3 amide bonds. The third-order valence-electron chi connectivity index (χ3n) is 5.72. The number of hydrogen-bond acceptors (Lipinski definition) is 5. The summed E-state index contributed by atoms with van der Waals surface area (Å²) in [6, 6.07) is 5.61. The van der Waals surface area contributed by atoms with Gasteiger partial charge in [-0.1, -0.05) is 18.2 Å². The molecule has 0 spiro atoms. The molecule has 1 aromatic carbocycles. The summed E-state index contributed by atoms with van der Waals surface area (Å²) >= 11 is 0. The summed E-state index contributed by atoms with van der Waals surface area (Å²) in [6.07, 6.45) is 4.83. The van der Waals surface area contributed by atoms with Gasteiger partial charge in [-0.05, 0) is 55.4 Å². The van der Waals surface area contributed by atoms with Crippen LogP contribution in [0.5, 0.6) is 0 Å². The number of imide groups is 1. The Kier molecular flexibility index (Phi) is 4.53. The van der Waals surface area contributed by atoms with Crippen LogP contribution in [0.25, 0.3) is 0 Å². The number of anilines is 1. The van der Waals surface area contributed by atoms with Gasteiger partial charge in [0.05, 0.1) is 11.8 Å². The van der Waals surface area contributed by atoms with Crippen LogP contribution in [0.1, 0.15) is 17.5 Å². The lowest BCUT2D eigenvalue weighted by Gasteiger charge is -2.16. The molecule has 7 heteroatoms. The zero-order chi connectivity index (χ0) is 20.0. The van der Waals surface area contributed by atoms with Crippen molar-refractivity contribution in [3.05, 3.63) is 41.5 Å². The number of aryl methyl sites for hydroxylation is 2. The van der Waals surface area contributed by atoms with E-state index < -0.39 is 25.0 Å². The van der Waals surface area contributed by atoms with E-state index in [4.69, 9.17) is 4.74 Å². The van der Waals surface area contributed by atoms with E-state index in [1.54, 1.807) is 0 Å². The van der Waals surface area contributed by atoms with E-state index in [0.717, 1.165) is 22.4 Å². The second-order valence-corrected chi connectivity index (χ2v) is 7.85. The molecule has 0 unspecified atom stereocenters. The van der Waals surface area contributed by atoms with Gasteiger partial charge in [0.2, 0.25) is 11.8 Å². The monoisotopic (exact) mass is 382 g/mol. The van der Waals surface area contributed by atoms with Crippen LogP contribution in [0, 0.1) is 37.5 Å². The Bertz CT molecular complexity index is 856. The minimum atomic E-state index is -0.766. The van der Waals surface area contributed by atoms with Gasteiger partial charge >= 0.3 is 5.97 Å². The van der Waals surface area contributed by atoms with E-state index in [1.807, 2.05) is 44.2 Å². The zero-order valence-electron chi connectivity index (χ0n) is 15.8. The van der Waals surface area contributed by atoms with Gasteiger partial charge in [0.1, 0.15) is 6.54 Å². The lowest BCUT2D eigenvalue weighted by molar-refractivity contribution is -0.154. The number of nitrogens with zero attached hydrogens (tertiary/aromatic N) is 1. The van der Waals surface area contributed by atoms with Crippen molar-refractivity contribution in [1.29, 1.82) is 0 Å². The molecule has 7 nitrogen and oxygen atoms in total. The van der Waals surface area contributed by atoms with Gasteiger partial charge in [-0.15, -0.1) is 0 Å². The number of ether oxygens (including phenoxy) is 1. The predicted molar refractivity (Wildman–Crippen MR) is 99.9 cm³/mol. The van der Waals surface area contributed by atoms with Crippen molar-refractivity contribution in [2.24, 2.45) is 23.7 Å². The molecule has 4 rings (SSSR count). The Morgan fingerprint density at radius 2 is 1.61 bits per heavy atom. The van der Waals surface area contributed by atoms with Crippen molar-refractivity contribution in [3.63, 3.8) is 0 Å².